The van der Waals surface area contributed by atoms with Crippen LogP contribution in [0.4, 0.5) is 13.2 Å². The molecule has 10 heteroatoms. The summed E-state index contributed by atoms with van der Waals surface area (Å²) in [6, 6.07) is 17.1. The van der Waals surface area contributed by atoms with Crippen LogP contribution in [-0.4, -0.2) is 35.5 Å². The van der Waals surface area contributed by atoms with Crippen molar-refractivity contribution in [3.8, 4) is 11.4 Å². The van der Waals surface area contributed by atoms with Crippen molar-refractivity contribution in [1.29, 1.82) is 0 Å². The van der Waals surface area contributed by atoms with Gasteiger partial charge in [-0.2, -0.15) is 18.3 Å². The fourth-order valence-electron chi connectivity index (χ4n) is 2.79. The number of hydrogen-bond donors (Lipinski definition) is 3. The number of nitrogens with two attached hydrogens (primary N) is 1. The molecule has 0 aliphatic heterocycles. The molecule has 0 fully saturated rings. The molecule has 0 aliphatic rings. The van der Waals surface area contributed by atoms with E-state index in [2.05, 4.69) is 22.3 Å². The maximum atomic E-state index is 12.7. The lowest BCUT2D eigenvalue weighted by molar-refractivity contribution is -0.110. The Morgan fingerprint density at radius 2 is 1.67 bits per heavy atom. The number of hydrogen-bond acceptors (Lipinski definition) is 5. The van der Waals surface area contributed by atoms with E-state index in [1.165, 1.54) is 0 Å². The number of nitrogens with one attached hydrogen (secondary N) is 2. The number of aromatic nitrogens is 2. The Kier molecular flexibility index (Phi) is 12.8. The lowest BCUT2D eigenvalue weighted by atomic mass is 10.2. The van der Waals surface area contributed by atoms with E-state index in [1.807, 2.05) is 62.4 Å². The van der Waals surface area contributed by atoms with Gasteiger partial charge in [-0.15, -0.1) is 0 Å². The van der Waals surface area contributed by atoms with Gasteiger partial charge in [-0.05, 0) is 41.5 Å². The van der Waals surface area contributed by atoms with E-state index in [9.17, 15) is 18.0 Å². The second-order valence-electron chi connectivity index (χ2n) is 7.27. The molecule has 0 radical (unpaired) electrons. The zero-order valence-electron chi connectivity index (χ0n) is 21.0. The van der Waals surface area contributed by atoms with E-state index in [4.69, 9.17) is 10.5 Å². The van der Waals surface area contributed by atoms with Crippen LogP contribution in [0.15, 0.2) is 73.1 Å². The second-order valence-corrected chi connectivity index (χ2v) is 7.27. The van der Waals surface area contributed by atoms with E-state index < -0.39 is 6.18 Å². The summed E-state index contributed by atoms with van der Waals surface area (Å²) in [4.78, 5) is 12.7. The molecule has 3 aromatic rings. The molecule has 0 saturated carbocycles. The molecular weight excluding hydrogens is 471 g/mol. The standard InChI is InChI=1S/C22H25N5O2.C2H3F3.C2H6/c1-16(13-23)24-15-18-4-3-5-19(12-18)27-21(10-11-26-27)22(28)25-14-17-6-8-20(29-2)9-7-17;1-2(3,4)5;1-2/h3-12,24H,1,13-15,23H2,2H3,(H,25,28);1H3;1-2H3. The molecule has 2 aromatic carbocycles. The van der Waals surface area contributed by atoms with Crippen LogP contribution in [0.5, 0.6) is 5.75 Å². The molecule has 7 nitrogen and oxygen atoms in total. The number of methoxy groups -OCH3 is 1. The minimum atomic E-state index is -4.00. The Balaban J connectivity index is 0.000000826. The molecule has 0 unspecified atom stereocenters. The van der Waals surface area contributed by atoms with Gasteiger partial charge in [-0.1, -0.05) is 44.7 Å². The first-order valence-electron chi connectivity index (χ1n) is 11.3. The highest BCUT2D eigenvalue weighted by molar-refractivity contribution is 5.93. The molecule has 0 spiro atoms. The van der Waals surface area contributed by atoms with Crippen LogP contribution in [0, 0.1) is 0 Å². The first kappa shape index (κ1) is 30.2. The quantitative estimate of drug-likeness (QED) is 0.382. The largest absolute Gasteiger partial charge is 0.497 e. The monoisotopic (exact) mass is 505 g/mol. The van der Waals surface area contributed by atoms with Crippen molar-refractivity contribution in [3.63, 3.8) is 0 Å². The van der Waals surface area contributed by atoms with Gasteiger partial charge in [0.25, 0.3) is 5.91 Å². The van der Waals surface area contributed by atoms with Gasteiger partial charge in [0.15, 0.2) is 0 Å². The van der Waals surface area contributed by atoms with Crippen LogP contribution in [0.1, 0.15) is 42.4 Å². The van der Waals surface area contributed by atoms with Crippen molar-refractivity contribution < 1.29 is 22.7 Å². The Morgan fingerprint density at radius 1 is 1.06 bits per heavy atom. The molecule has 196 valence electrons. The fraction of sp³-hybridized carbons (Fsp3) is 0.308. The van der Waals surface area contributed by atoms with Gasteiger partial charge in [0.2, 0.25) is 0 Å². The molecule has 1 amide bonds. The Bertz CT molecular complexity index is 1070. The highest BCUT2D eigenvalue weighted by Crippen LogP contribution is 2.14. The van der Waals surface area contributed by atoms with Gasteiger partial charge in [-0.3, -0.25) is 4.79 Å². The van der Waals surface area contributed by atoms with Crippen LogP contribution < -0.4 is 21.1 Å². The zero-order chi connectivity index (χ0) is 27.1. The summed E-state index contributed by atoms with van der Waals surface area (Å²) in [6.45, 7) is 9.43. The summed E-state index contributed by atoms with van der Waals surface area (Å²) in [6.07, 6.45) is -2.39. The number of halogens is 3. The molecule has 0 atom stereocenters. The van der Waals surface area contributed by atoms with Gasteiger partial charge in [-0.25, -0.2) is 4.68 Å². The predicted octanol–water partition coefficient (Wildman–Crippen LogP) is 4.97. The van der Waals surface area contributed by atoms with Crippen LogP contribution in [0.3, 0.4) is 0 Å². The fourth-order valence-corrected chi connectivity index (χ4v) is 2.79. The number of ether oxygens (including phenoxy) is 1. The third-order valence-corrected chi connectivity index (χ3v) is 4.43. The number of rotatable bonds is 9. The number of benzene rings is 2. The van der Waals surface area contributed by atoms with Gasteiger partial charge < -0.3 is 21.1 Å². The first-order valence-corrected chi connectivity index (χ1v) is 11.3. The SMILES string of the molecule is C=C(CN)NCc1cccc(-n2nccc2C(=O)NCc2ccc(OC)cc2)c1.CC.CC(F)(F)F. The van der Waals surface area contributed by atoms with E-state index in [-0.39, 0.29) is 12.8 Å². The summed E-state index contributed by atoms with van der Waals surface area (Å²) < 4.78 is 37.8. The van der Waals surface area contributed by atoms with Crippen LogP contribution in [0.2, 0.25) is 0 Å². The van der Waals surface area contributed by atoms with Gasteiger partial charge in [0.1, 0.15) is 11.4 Å². The third kappa shape index (κ3) is 11.1. The summed E-state index contributed by atoms with van der Waals surface area (Å²) in [7, 11) is 1.62. The van der Waals surface area contributed by atoms with Gasteiger partial charge in [0.05, 0.1) is 19.0 Å². The van der Waals surface area contributed by atoms with Crippen molar-refractivity contribution in [1.82, 2.24) is 20.4 Å². The van der Waals surface area contributed by atoms with Crippen LogP contribution in [-0.2, 0) is 13.1 Å². The summed E-state index contributed by atoms with van der Waals surface area (Å²) >= 11 is 0. The van der Waals surface area contributed by atoms with Crippen molar-refractivity contribution in [2.45, 2.75) is 40.0 Å². The minimum Gasteiger partial charge on any atom is -0.497 e. The number of carbonyl (C=O) groups is 1. The number of nitrogens with zero attached hydrogens (tertiary/aromatic N) is 2. The van der Waals surface area contributed by atoms with E-state index in [0.717, 1.165) is 28.3 Å². The zero-order valence-corrected chi connectivity index (χ0v) is 21.0. The third-order valence-electron chi connectivity index (χ3n) is 4.43. The predicted molar refractivity (Wildman–Crippen MR) is 136 cm³/mol. The van der Waals surface area contributed by atoms with Crippen molar-refractivity contribution in [3.05, 3.63) is 89.9 Å². The highest BCUT2D eigenvalue weighted by atomic mass is 19.4. The molecule has 4 N–H and O–H groups in total. The van der Waals surface area contributed by atoms with E-state index >= 15 is 0 Å². The van der Waals surface area contributed by atoms with Crippen molar-refractivity contribution >= 4 is 5.91 Å². The Labute approximate surface area is 210 Å². The maximum absolute atomic E-state index is 12.7. The van der Waals surface area contributed by atoms with E-state index in [1.54, 1.807) is 24.1 Å². The topological polar surface area (TPSA) is 94.2 Å². The molecule has 1 heterocycles. The molecule has 3 rings (SSSR count). The van der Waals surface area contributed by atoms with Crippen LogP contribution >= 0.6 is 0 Å². The molecule has 36 heavy (non-hydrogen) atoms. The lowest BCUT2D eigenvalue weighted by Crippen LogP contribution is -2.25. The van der Waals surface area contributed by atoms with Gasteiger partial charge in [0, 0.05) is 32.3 Å². The van der Waals surface area contributed by atoms with Crippen molar-refractivity contribution in [2.75, 3.05) is 13.7 Å². The molecule has 0 aliphatic carbocycles. The lowest BCUT2D eigenvalue weighted by Gasteiger charge is -2.11. The average Bonchev–Trinajstić information content (AvgIpc) is 3.37. The molecular formula is C26H34F3N5O2. The number of alkyl halides is 3. The normalized spacial score (nSPS) is 10.2. The van der Waals surface area contributed by atoms with E-state index in [0.29, 0.717) is 25.3 Å². The van der Waals surface area contributed by atoms with Gasteiger partial charge >= 0.3 is 6.18 Å². The van der Waals surface area contributed by atoms with Crippen molar-refractivity contribution in [2.24, 2.45) is 5.73 Å². The Hall–Kier alpha value is -3.79. The summed E-state index contributed by atoms with van der Waals surface area (Å²) in [5, 5.41) is 10.4. The Morgan fingerprint density at radius 3 is 2.25 bits per heavy atom. The first-order chi connectivity index (χ1) is 17.1. The second kappa shape index (κ2) is 15.3. The molecule has 1 aromatic heterocycles. The average molecular weight is 506 g/mol. The molecule has 0 saturated heterocycles. The molecule has 0 bridgehead atoms. The smallest absolute Gasteiger partial charge is 0.386 e. The minimum absolute atomic E-state index is 0.188. The maximum Gasteiger partial charge on any atom is 0.386 e. The van der Waals surface area contributed by atoms with Crippen LogP contribution in [0.25, 0.3) is 5.69 Å². The number of carbonyl (C=O) groups excluding carboxylic acids is 1. The highest BCUT2D eigenvalue weighted by Gasteiger charge is 2.16. The number of amides is 1. The summed E-state index contributed by atoms with van der Waals surface area (Å²) in [5.41, 5.74) is 9.62. The summed E-state index contributed by atoms with van der Waals surface area (Å²) in [5.74, 6) is 0.584.